The van der Waals surface area contributed by atoms with Gasteiger partial charge in [-0.05, 0) is 36.8 Å². The lowest BCUT2D eigenvalue weighted by Gasteiger charge is -2.38. The van der Waals surface area contributed by atoms with Crippen LogP contribution in [0.25, 0.3) is 0 Å². The summed E-state index contributed by atoms with van der Waals surface area (Å²) >= 11 is 5.45. The van der Waals surface area contributed by atoms with E-state index in [4.69, 9.17) is 9.47 Å². The molecule has 2 aliphatic rings. The van der Waals surface area contributed by atoms with Gasteiger partial charge in [-0.1, -0.05) is 15.9 Å². The Hall–Kier alpha value is -0.230. The van der Waals surface area contributed by atoms with Crippen LogP contribution in [-0.2, 0) is 11.3 Å². The molecule has 2 saturated heterocycles. The molecule has 1 aromatic rings. The molecular weight excluding hydrogens is 352 g/mol. The van der Waals surface area contributed by atoms with Crippen LogP contribution in [0.2, 0.25) is 0 Å². The third kappa shape index (κ3) is 3.41. The maximum absolute atomic E-state index is 9.57. The fourth-order valence-electron chi connectivity index (χ4n) is 3.20. The SMILES string of the molecule is Cc1cc(Br)cc(CO)c1OC1CCOC2(CCSC2)C1. The number of halogens is 1. The summed E-state index contributed by atoms with van der Waals surface area (Å²) < 4.78 is 13.3. The van der Waals surface area contributed by atoms with Crippen LogP contribution >= 0.6 is 27.7 Å². The fraction of sp³-hybridized carbons (Fsp3) is 0.625. The van der Waals surface area contributed by atoms with Gasteiger partial charge in [-0.15, -0.1) is 0 Å². The number of benzene rings is 1. The Labute approximate surface area is 138 Å². The Morgan fingerprint density at radius 1 is 1.52 bits per heavy atom. The number of hydrogen-bond donors (Lipinski definition) is 1. The Kier molecular flexibility index (Phi) is 4.84. The predicted octanol–water partition coefficient (Wildman–Crippen LogP) is 3.68. The molecule has 2 atom stereocenters. The molecule has 0 aromatic heterocycles. The molecular formula is C16H21BrO3S. The smallest absolute Gasteiger partial charge is 0.128 e. The molecule has 3 rings (SSSR count). The summed E-state index contributed by atoms with van der Waals surface area (Å²) in [5.41, 5.74) is 1.94. The van der Waals surface area contributed by atoms with Crippen LogP contribution in [0.4, 0.5) is 0 Å². The third-order valence-electron chi connectivity index (χ3n) is 4.29. The van der Waals surface area contributed by atoms with Gasteiger partial charge >= 0.3 is 0 Å². The Morgan fingerprint density at radius 2 is 2.38 bits per heavy atom. The molecule has 21 heavy (non-hydrogen) atoms. The molecule has 0 amide bonds. The molecule has 116 valence electrons. The molecule has 2 heterocycles. The summed E-state index contributed by atoms with van der Waals surface area (Å²) in [5, 5.41) is 9.57. The monoisotopic (exact) mass is 372 g/mol. The van der Waals surface area contributed by atoms with Gasteiger partial charge in [0.25, 0.3) is 0 Å². The number of aliphatic hydroxyl groups excluding tert-OH is 1. The van der Waals surface area contributed by atoms with Crippen molar-refractivity contribution in [2.75, 3.05) is 18.1 Å². The Bertz CT molecular complexity index is 514. The lowest BCUT2D eigenvalue weighted by atomic mass is 9.91. The minimum Gasteiger partial charge on any atom is -0.490 e. The number of ether oxygens (including phenoxy) is 2. The van der Waals surface area contributed by atoms with Crippen LogP contribution in [0.15, 0.2) is 16.6 Å². The lowest BCUT2D eigenvalue weighted by molar-refractivity contribution is -0.0962. The van der Waals surface area contributed by atoms with E-state index in [0.29, 0.717) is 0 Å². The first kappa shape index (κ1) is 15.7. The van der Waals surface area contributed by atoms with Crippen LogP contribution < -0.4 is 4.74 Å². The molecule has 1 N–H and O–H groups in total. The highest BCUT2D eigenvalue weighted by Crippen LogP contribution is 2.40. The minimum absolute atomic E-state index is 0.000171. The summed E-state index contributed by atoms with van der Waals surface area (Å²) in [6, 6.07) is 3.97. The van der Waals surface area contributed by atoms with Crippen molar-refractivity contribution in [3.05, 3.63) is 27.7 Å². The molecule has 0 aliphatic carbocycles. The molecule has 2 fully saturated rings. The normalized spacial score (nSPS) is 29.0. The first-order valence-corrected chi connectivity index (χ1v) is 9.35. The van der Waals surface area contributed by atoms with E-state index in [-0.39, 0.29) is 18.3 Å². The average molecular weight is 373 g/mol. The molecule has 0 bridgehead atoms. The van der Waals surface area contributed by atoms with Crippen LogP contribution in [0.5, 0.6) is 5.75 Å². The number of thioether (sulfide) groups is 1. The topological polar surface area (TPSA) is 38.7 Å². The highest BCUT2D eigenvalue weighted by atomic mass is 79.9. The van der Waals surface area contributed by atoms with E-state index in [1.807, 2.05) is 30.8 Å². The highest BCUT2D eigenvalue weighted by molar-refractivity contribution is 9.10. The van der Waals surface area contributed by atoms with Crippen molar-refractivity contribution < 1.29 is 14.6 Å². The van der Waals surface area contributed by atoms with E-state index >= 15 is 0 Å². The number of aryl methyl sites for hydroxylation is 1. The Morgan fingerprint density at radius 3 is 3.10 bits per heavy atom. The van der Waals surface area contributed by atoms with Gasteiger partial charge in [-0.3, -0.25) is 0 Å². The second-order valence-electron chi connectivity index (χ2n) is 5.94. The van der Waals surface area contributed by atoms with E-state index in [9.17, 15) is 5.11 Å². The molecule has 5 heteroatoms. The van der Waals surface area contributed by atoms with Crippen molar-refractivity contribution in [1.29, 1.82) is 0 Å². The molecule has 2 unspecified atom stereocenters. The molecule has 0 radical (unpaired) electrons. The van der Waals surface area contributed by atoms with Crippen molar-refractivity contribution in [1.82, 2.24) is 0 Å². The molecule has 0 saturated carbocycles. The standard InChI is InChI=1S/C16H21BrO3S/c1-11-6-13(17)7-12(9-18)15(11)20-14-2-4-19-16(8-14)3-5-21-10-16/h6-7,14,18H,2-5,8-10H2,1H3. The van der Waals surface area contributed by atoms with Gasteiger partial charge in [0.05, 0.1) is 18.8 Å². The first-order valence-electron chi connectivity index (χ1n) is 7.40. The maximum Gasteiger partial charge on any atom is 0.128 e. The Balaban J connectivity index is 1.77. The summed E-state index contributed by atoms with van der Waals surface area (Å²) in [5.74, 6) is 3.11. The van der Waals surface area contributed by atoms with Gasteiger partial charge in [-0.2, -0.15) is 11.8 Å². The molecule has 1 spiro atoms. The molecule has 3 nitrogen and oxygen atoms in total. The second-order valence-corrected chi connectivity index (χ2v) is 7.96. The molecule has 2 aliphatic heterocycles. The summed E-state index contributed by atoms with van der Waals surface area (Å²) in [6.45, 7) is 2.80. The quantitative estimate of drug-likeness (QED) is 0.877. The summed E-state index contributed by atoms with van der Waals surface area (Å²) in [6.07, 6.45) is 3.19. The van der Waals surface area contributed by atoms with E-state index in [1.54, 1.807) is 0 Å². The van der Waals surface area contributed by atoms with Gasteiger partial charge in [0.2, 0.25) is 0 Å². The van der Waals surface area contributed by atoms with Crippen molar-refractivity contribution in [3.63, 3.8) is 0 Å². The minimum atomic E-state index is -0.000171. The highest BCUT2D eigenvalue weighted by Gasteiger charge is 2.41. The van der Waals surface area contributed by atoms with Gasteiger partial charge < -0.3 is 14.6 Å². The largest absolute Gasteiger partial charge is 0.490 e. The fourth-order valence-corrected chi connectivity index (χ4v) is 5.20. The second kappa shape index (κ2) is 6.49. The lowest BCUT2D eigenvalue weighted by Crippen LogP contribution is -2.44. The summed E-state index contributed by atoms with van der Waals surface area (Å²) in [4.78, 5) is 0. The predicted molar refractivity (Wildman–Crippen MR) is 89.1 cm³/mol. The maximum atomic E-state index is 9.57. The van der Waals surface area contributed by atoms with E-state index in [1.165, 1.54) is 5.75 Å². The van der Waals surface area contributed by atoms with E-state index in [0.717, 1.165) is 53.0 Å². The zero-order valence-corrected chi connectivity index (χ0v) is 14.6. The van der Waals surface area contributed by atoms with Crippen molar-refractivity contribution >= 4 is 27.7 Å². The van der Waals surface area contributed by atoms with Crippen LogP contribution in [-0.4, -0.2) is 34.9 Å². The van der Waals surface area contributed by atoms with E-state index < -0.39 is 0 Å². The van der Waals surface area contributed by atoms with Gasteiger partial charge in [0, 0.05) is 28.6 Å². The number of rotatable bonds is 3. The van der Waals surface area contributed by atoms with Crippen molar-refractivity contribution in [2.45, 2.75) is 44.5 Å². The van der Waals surface area contributed by atoms with E-state index in [2.05, 4.69) is 15.9 Å². The van der Waals surface area contributed by atoms with Gasteiger partial charge in [-0.25, -0.2) is 0 Å². The van der Waals surface area contributed by atoms with Crippen LogP contribution in [0, 0.1) is 6.92 Å². The zero-order valence-electron chi connectivity index (χ0n) is 12.2. The molecule has 1 aromatic carbocycles. The third-order valence-corrected chi connectivity index (χ3v) is 5.97. The van der Waals surface area contributed by atoms with Crippen molar-refractivity contribution in [2.24, 2.45) is 0 Å². The first-order chi connectivity index (χ1) is 10.1. The average Bonchev–Trinajstić information content (AvgIpc) is 2.89. The van der Waals surface area contributed by atoms with Crippen molar-refractivity contribution in [3.8, 4) is 5.75 Å². The van der Waals surface area contributed by atoms with Crippen LogP contribution in [0.3, 0.4) is 0 Å². The summed E-state index contributed by atoms with van der Waals surface area (Å²) in [7, 11) is 0. The van der Waals surface area contributed by atoms with Gasteiger partial charge in [0.1, 0.15) is 11.9 Å². The number of aliphatic hydroxyl groups is 1. The zero-order chi connectivity index (χ0) is 14.9. The van der Waals surface area contributed by atoms with Gasteiger partial charge in [0.15, 0.2) is 0 Å². The van der Waals surface area contributed by atoms with Crippen LogP contribution in [0.1, 0.15) is 30.4 Å². The number of hydrogen-bond acceptors (Lipinski definition) is 4.